The van der Waals surface area contributed by atoms with Crippen molar-refractivity contribution in [1.29, 1.82) is 0 Å². The van der Waals surface area contributed by atoms with Crippen LogP contribution in [-0.2, 0) is 13.0 Å². The van der Waals surface area contributed by atoms with Gasteiger partial charge in [0.1, 0.15) is 0 Å². The van der Waals surface area contributed by atoms with Crippen molar-refractivity contribution in [3.05, 3.63) is 51.8 Å². The van der Waals surface area contributed by atoms with Gasteiger partial charge in [-0.25, -0.2) is 5.10 Å². The fourth-order valence-electron chi connectivity index (χ4n) is 2.08. The van der Waals surface area contributed by atoms with Gasteiger partial charge in [0.05, 0.1) is 12.0 Å². The predicted octanol–water partition coefficient (Wildman–Crippen LogP) is 0.561. The zero-order chi connectivity index (χ0) is 12.5. The fraction of sp³-hybridized carbons (Fsp3) is 0.250. The van der Waals surface area contributed by atoms with Gasteiger partial charge in [-0.2, -0.15) is 5.10 Å². The number of rotatable bonds is 1. The summed E-state index contributed by atoms with van der Waals surface area (Å²) in [5.74, 6) is 0.155. The molecule has 0 radical (unpaired) electrons. The number of carbonyl (C=O) groups is 1. The fourth-order valence-corrected chi connectivity index (χ4v) is 2.08. The molecule has 18 heavy (non-hydrogen) atoms. The van der Waals surface area contributed by atoms with Crippen LogP contribution in [0.5, 0.6) is 0 Å². The third-order valence-corrected chi connectivity index (χ3v) is 2.98. The molecule has 0 fully saturated rings. The van der Waals surface area contributed by atoms with Gasteiger partial charge < -0.3 is 9.32 Å². The van der Waals surface area contributed by atoms with Crippen LogP contribution in [-0.4, -0.2) is 27.5 Å². The normalized spacial score (nSPS) is 14.3. The van der Waals surface area contributed by atoms with Crippen LogP contribution in [0.1, 0.15) is 21.8 Å². The van der Waals surface area contributed by atoms with Crippen molar-refractivity contribution in [1.82, 2.24) is 15.1 Å². The highest BCUT2D eigenvalue weighted by Gasteiger charge is 2.24. The first-order valence-electron chi connectivity index (χ1n) is 5.64. The quantitative estimate of drug-likeness (QED) is 0.796. The highest BCUT2D eigenvalue weighted by Crippen LogP contribution is 2.17. The summed E-state index contributed by atoms with van der Waals surface area (Å²) < 4.78 is 5.09. The van der Waals surface area contributed by atoms with E-state index in [0.29, 0.717) is 25.3 Å². The number of hydrogen-bond acceptors (Lipinski definition) is 4. The van der Waals surface area contributed by atoms with Crippen LogP contribution >= 0.6 is 0 Å². The molecule has 6 heteroatoms. The van der Waals surface area contributed by atoms with Gasteiger partial charge in [-0.1, -0.05) is 0 Å². The molecule has 0 saturated heterocycles. The number of nitrogens with one attached hydrogen (secondary N) is 1. The molecule has 3 rings (SSSR count). The van der Waals surface area contributed by atoms with Crippen LogP contribution in [0.2, 0.25) is 0 Å². The highest BCUT2D eigenvalue weighted by atomic mass is 16.3. The molecule has 1 amide bonds. The van der Waals surface area contributed by atoms with Crippen molar-refractivity contribution in [3.63, 3.8) is 0 Å². The predicted molar refractivity (Wildman–Crippen MR) is 62.0 cm³/mol. The van der Waals surface area contributed by atoms with Crippen LogP contribution in [0.4, 0.5) is 0 Å². The Labute approximate surface area is 102 Å². The van der Waals surface area contributed by atoms with Gasteiger partial charge in [0.2, 0.25) is 0 Å². The number of aromatic nitrogens is 2. The van der Waals surface area contributed by atoms with Crippen molar-refractivity contribution < 1.29 is 9.21 Å². The molecule has 0 aliphatic carbocycles. The Morgan fingerprint density at radius 3 is 3.17 bits per heavy atom. The number of nitrogens with zero attached hydrogens (tertiary/aromatic N) is 2. The molecule has 0 spiro atoms. The summed E-state index contributed by atoms with van der Waals surface area (Å²) in [6.45, 7) is 0.970. The molecule has 1 N–H and O–H groups in total. The SMILES string of the molecule is O=C(c1ccco1)N1CCc2n[nH]c(=O)cc2C1. The third kappa shape index (κ3) is 1.81. The van der Waals surface area contributed by atoms with E-state index in [4.69, 9.17) is 4.42 Å². The number of carbonyl (C=O) groups excluding carboxylic acids is 1. The molecule has 1 aliphatic heterocycles. The molecule has 1 aliphatic rings. The second-order valence-electron chi connectivity index (χ2n) is 4.16. The van der Waals surface area contributed by atoms with Gasteiger partial charge in [0, 0.05) is 31.1 Å². The zero-order valence-corrected chi connectivity index (χ0v) is 9.55. The molecule has 2 aromatic rings. The maximum atomic E-state index is 12.1. The van der Waals surface area contributed by atoms with E-state index in [9.17, 15) is 9.59 Å². The van der Waals surface area contributed by atoms with Gasteiger partial charge in [-0.05, 0) is 12.1 Å². The third-order valence-electron chi connectivity index (χ3n) is 2.98. The Morgan fingerprint density at radius 2 is 2.39 bits per heavy atom. The van der Waals surface area contributed by atoms with Gasteiger partial charge in [0.15, 0.2) is 5.76 Å². The molecule has 0 bridgehead atoms. The number of fused-ring (bicyclic) bond motifs is 1. The molecule has 6 nitrogen and oxygen atoms in total. The summed E-state index contributed by atoms with van der Waals surface area (Å²) in [4.78, 5) is 24.9. The van der Waals surface area contributed by atoms with E-state index in [1.807, 2.05) is 0 Å². The molecule has 92 valence electrons. The van der Waals surface area contributed by atoms with Crippen molar-refractivity contribution in [2.45, 2.75) is 13.0 Å². The van der Waals surface area contributed by atoms with Gasteiger partial charge in [-0.15, -0.1) is 0 Å². The molecule has 0 unspecified atom stereocenters. The summed E-state index contributed by atoms with van der Waals surface area (Å²) in [5, 5.41) is 6.38. The lowest BCUT2D eigenvalue weighted by Crippen LogP contribution is -2.37. The van der Waals surface area contributed by atoms with Crippen molar-refractivity contribution in [2.24, 2.45) is 0 Å². The van der Waals surface area contributed by atoms with Crippen molar-refractivity contribution in [2.75, 3.05) is 6.54 Å². The van der Waals surface area contributed by atoms with E-state index >= 15 is 0 Å². The van der Waals surface area contributed by atoms with E-state index in [1.54, 1.807) is 17.0 Å². The molecular formula is C12H11N3O3. The Hall–Kier alpha value is -2.37. The summed E-state index contributed by atoms with van der Waals surface area (Å²) in [6, 6.07) is 4.80. The topological polar surface area (TPSA) is 79.2 Å². The second kappa shape index (κ2) is 4.14. The molecule has 0 atom stereocenters. The van der Waals surface area contributed by atoms with Gasteiger partial charge in [-0.3, -0.25) is 9.59 Å². The standard InChI is InChI=1S/C12H11N3O3/c16-11-6-8-7-15(4-3-9(8)13-14-11)12(17)10-2-1-5-18-10/h1-2,5-6H,3-4,7H2,(H,14,16). The summed E-state index contributed by atoms with van der Waals surface area (Å²) >= 11 is 0. The summed E-state index contributed by atoms with van der Waals surface area (Å²) in [6.07, 6.45) is 2.11. The maximum Gasteiger partial charge on any atom is 0.289 e. The van der Waals surface area contributed by atoms with Crippen molar-refractivity contribution in [3.8, 4) is 0 Å². The van der Waals surface area contributed by atoms with E-state index < -0.39 is 0 Å². The number of amides is 1. The van der Waals surface area contributed by atoms with E-state index in [0.717, 1.165) is 11.3 Å². The largest absolute Gasteiger partial charge is 0.459 e. The first-order valence-corrected chi connectivity index (χ1v) is 5.64. The minimum Gasteiger partial charge on any atom is -0.459 e. The summed E-state index contributed by atoms with van der Waals surface area (Å²) in [7, 11) is 0. The maximum absolute atomic E-state index is 12.1. The average Bonchev–Trinajstić information content (AvgIpc) is 2.90. The Bertz CT molecular complexity index is 630. The molecule has 0 saturated carbocycles. The molecular weight excluding hydrogens is 234 g/mol. The van der Waals surface area contributed by atoms with Crippen LogP contribution in [0.25, 0.3) is 0 Å². The first kappa shape index (κ1) is 10.8. The van der Waals surface area contributed by atoms with Gasteiger partial charge in [0.25, 0.3) is 11.5 Å². The lowest BCUT2D eigenvalue weighted by molar-refractivity contribution is 0.0700. The molecule has 3 heterocycles. The average molecular weight is 245 g/mol. The minimum absolute atomic E-state index is 0.161. The van der Waals surface area contributed by atoms with Crippen LogP contribution in [0.3, 0.4) is 0 Å². The second-order valence-corrected chi connectivity index (χ2v) is 4.16. The molecule has 0 aromatic carbocycles. The number of hydrogen-bond donors (Lipinski definition) is 1. The lowest BCUT2D eigenvalue weighted by Gasteiger charge is -2.26. The number of aromatic amines is 1. The zero-order valence-electron chi connectivity index (χ0n) is 9.55. The Balaban J connectivity index is 1.86. The minimum atomic E-state index is -0.249. The number of furan rings is 1. The Kier molecular flexibility index (Phi) is 2.47. The van der Waals surface area contributed by atoms with E-state index in [2.05, 4.69) is 10.2 Å². The Morgan fingerprint density at radius 1 is 1.50 bits per heavy atom. The first-order chi connectivity index (χ1) is 8.74. The van der Waals surface area contributed by atoms with Crippen LogP contribution < -0.4 is 5.56 Å². The smallest absolute Gasteiger partial charge is 0.289 e. The van der Waals surface area contributed by atoms with E-state index in [1.165, 1.54) is 12.3 Å². The number of H-pyrrole nitrogens is 1. The monoisotopic (exact) mass is 245 g/mol. The highest BCUT2D eigenvalue weighted by molar-refractivity contribution is 5.91. The van der Waals surface area contributed by atoms with E-state index in [-0.39, 0.29) is 11.5 Å². The molecule has 2 aromatic heterocycles. The van der Waals surface area contributed by atoms with Crippen LogP contribution in [0.15, 0.2) is 33.7 Å². The van der Waals surface area contributed by atoms with Crippen molar-refractivity contribution >= 4 is 5.91 Å². The summed E-state index contributed by atoms with van der Waals surface area (Å²) in [5.41, 5.74) is 1.39. The van der Waals surface area contributed by atoms with Crippen LogP contribution in [0, 0.1) is 0 Å². The van der Waals surface area contributed by atoms with Gasteiger partial charge >= 0.3 is 0 Å². The lowest BCUT2D eigenvalue weighted by atomic mass is 10.1.